The van der Waals surface area contributed by atoms with Gasteiger partial charge in [0.25, 0.3) is 0 Å². The highest BCUT2D eigenvalue weighted by molar-refractivity contribution is 5.93. The van der Waals surface area contributed by atoms with E-state index in [1.165, 1.54) is 22.2 Å². The lowest BCUT2D eigenvalue weighted by Crippen LogP contribution is -2.58. The molecule has 216 valence electrons. The topological polar surface area (TPSA) is 121 Å². The van der Waals surface area contributed by atoms with Crippen LogP contribution in [0.5, 0.6) is 0 Å². The molecule has 0 bridgehead atoms. The number of hydrogen-bond donors (Lipinski definition) is 1. The molecule has 2 atom stereocenters. The molecule has 2 saturated heterocycles. The van der Waals surface area contributed by atoms with E-state index >= 15 is 4.39 Å². The summed E-state index contributed by atoms with van der Waals surface area (Å²) >= 11 is 0. The maximum absolute atomic E-state index is 15.5. The number of pyridine rings is 2. The molecule has 2 aromatic rings. The van der Waals surface area contributed by atoms with Gasteiger partial charge in [-0.3, -0.25) is 9.78 Å². The molecule has 0 unspecified atom stereocenters. The van der Waals surface area contributed by atoms with Gasteiger partial charge in [0.1, 0.15) is 29.1 Å². The number of carbonyl (C=O) groups is 2. The van der Waals surface area contributed by atoms with Crippen LogP contribution in [0.25, 0.3) is 10.9 Å². The fraction of sp³-hybridized carbons (Fsp3) is 0.577. The van der Waals surface area contributed by atoms with Gasteiger partial charge >= 0.3 is 12.3 Å². The van der Waals surface area contributed by atoms with Crippen molar-refractivity contribution in [2.24, 2.45) is 0 Å². The molecule has 1 N–H and O–H groups in total. The van der Waals surface area contributed by atoms with Crippen LogP contribution in [0, 0.1) is 11.3 Å². The van der Waals surface area contributed by atoms with E-state index in [-0.39, 0.29) is 49.4 Å². The number of amides is 2. The van der Waals surface area contributed by atoms with E-state index in [2.05, 4.69) is 15.3 Å². The third kappa shape index (κ3) is 6.88. The van der Waals surface area contributed by atoms with E-state index in [0.717, 1.165) is 0 Å². The lowest BCUT2D eigenvalue weighted by Gasteiger charge is -2.40. The Balaban J connectivity index is 1.45. The van der Waals surface area contributed by atoms with Gasteiger partial charge in [-0.15, -0.1) is 0 Å². The Bertz CT molecular complexity index is 1300. The maximum atomic E-state index is 15.5. The fourth-order valence-corrected chi connectivity index (χ4v) is 4.72. The predicted octanol–water partition coefficient (Wildman–Crippen LogP) is 3.84. The van der Waals surface area contributed by atoms with Crippen molar-refractivity contribution < 1.29 is 36.6 Å². The Kier molecular flexibility index (Phi) is 8.07. The highest BCUT2D eigenvalue weighted by atomic mass is 19.4. The van der Waals surface area contributed by atoms with E-state index < -0.39 is 54.7 Å². The number of nitrogens with zero attached hydrogens (tertiary/aromatic N) is 5. The summed E-state index contributed by atoms with van der Waals surface area (Å²) in [6, 6.07) is 5.11. The van der Waals surface area contributed by atoms with Gasteiger partial charge in [0, 0.05) is 24.7 Å². The van der Waals surface area contributed by atoms with Gasteiger partial charge in [-0.1, -0.05) is 0 Å². The van der Waals surface area contributed by atoms with E-state index in [9.17, 15) is 28.0 Å². The average Bonchev–Trinajstić information content (AvgIpc) is 2.86. The van der Waals surface area contributed by atoms with E-state index in [1.54, 1.807) is 32.9 Å². The zero-order chi connectivity index (χ0) is 29.3. The van der Waals surface area contributed by atoms with Crippen molar-refractivity contribution in [2.75, 3.05) is 31.1 Å². The molecule has 0 spiro atoms. The summed E-state index contributed by atoms with van der Waals surface area (Å²) in [7, 11) is 0. The summed E-state index contributed by atoms with van der Waals surface area (Å²) in [6.07, 6.45) is -7.09. The molecule has 2 aliphatic heterocycles. The predicted molar refractivity (Wildman–Crippen MR) is 135 cm³/mol. The van der Waals surface area contributed by atoms with Crippen molar-refractivity contribution in [3.8, 4) is 6.07 Å². The lowest BCUT2D eigenvalue weighted by atomic mass is 9.90. The zero-order valence-corrected chi connectivity index (χ0v) is 22.3. The average molecular weight is 567 g/mol. The van der Waals surface area contributed by atoms with Gasteiger partial charge in [-0.2, -0.15) is 18.4 Å². The van der Waals surface area contributed by atoms with Gasteiger partial charge in [-0.25, -0.2) is 14.2 Å². The number of halogens is 4. The summed E-state index contributed by atoms with van der Waals surface area (Å²) in [5.74, 6) is -0.814. The number of anilines is 1. The number of nitrogens with one attached hydrogen (secondary N) is 1. The number of piperidine rings is 1. The van der Waals surface area contributed by atoms with Crippen molar-refractivity contribution >= 4 is 28.6 Å². The largest absolute Gasteiger partial charge is 0.444 e. The zero-order valence-electron chi connectivity index (χ0n) is 22.3. The number of carbonyl (C=O) groups excluding carboxylic acids is 2. The molecule has 2 fully saturated rings. The van der Waals surface area contributed by atoms with Crippen LogP contribution in [0.15, 0.2) is 24.5 Å². The van der Waals surface area contributed by atoms with Crippen LogP contribution in [0.4, 0.5) is 28.0 Å². The molecule has 2 aliphatic rings. The lowest BCUT2D eigenvalue weighted by molar-refractivity contribution is -0.239. The Morgan fingerprint density at radius 2 is 1.93 bits per heavy atom. The maximum Gasteiger partial charge on any atom is 0.416 e. The molecule has 14 heteroatoms. The summed E-state index contributed by atoms with van der Waals surface area (Å²) in [5.41, 5.74) is -2.11. The van der Waals surface area contributed by atoms with E-state index in [0.29, 0.717) is 5.39 Å². The molecule has 2 amide bonds. The Morgan fingerprint density at radius 1 is 1.23 bits per heavy atom. The van der Waals surface area contributed by atoms with Crippen molar-refractivity contribution in [3.05, 3.63) is 30.2 Å². The number of likely N-dealkylation sites (tertiary alicyclic amines) is 1. The SMILES string of the molecule is CC(C)(C)OC(=O)N1CCC(F)(CC(=O)N[C@@H]2CN(c3cnc(C#N)c4ncccc34)C[C@H](C(F)(F)F)O2)CC1. The Hall–Kier alpha value is -3.73. The third-order valence-electron chi connectivity index (χ3n) is 6.65. The van der Waals surface area contributed by atoms with Crippen molar-refractivity contribution in [1.29, 1.82) is 5.26 Å². The molecule has 0 radical (unpaired) electrons. The van der Waals surface area contributed by atoms with Crippen LogP contribution in [0.1, 0.15) is 45.7 Å². The van der Waals surface area contributed by atoms with Gasteiger partial charge in [0.15, 0.2) is 11.8 Å². The van der Waals surface area contributed by atoms with Crippen LogP contribution in [-0.2, 0) is 14.3 Å². The van der Waals surface area contributed by atoms with Gasteiger partial charge < -0.3 is 24.6 Å². The first-order valence-electron chi connectivity index (χ1n) is 12.7. The Labute approximate surface area is 228 Å². The van der Waals surface area contributed by atoms with E-state index in [4.69, 9.17) is 9.47 Å². The number of nitriles is 1. The number of aromatic nitrogens is 2. The first kappa shape index (κ1) is 29.3. The molecule has 0 aliphatic carbocycles. The number of rotatable bonds is 4. The van der Waals surface area contributed by atoms with Gasteiger partial charge in [0.2, 0.25) is 5.91 Å². The monoisotopic (exact) mass is 566 g/mol. The van der Waals surface area contributed by atoms with Crippen molar-refractivity contribution in [2.45, 2.75) is 69.8 Å². The normalized spacial score (nSPS) is 21.6. The number of alkyl halides is 4. The number of fused-ring (bicyclic) bond motifs is 1. The molecule has 40 heavy (non-hydrogen) atoms. The quantitative estimate of drug-likeness (QED) is 0.555. The second-order valence-corrected chi connectivity index (χ2v) is 10.9. The first-order valence-corrected chi connectivity index (χ1v) is 12.7. The number of morpholine rings is 1. The molecular formula is C26H30F4N6O4. The van der Waals surface area contributed by atoms with Crippen molar-refractivity contribution in [1.82, 2.24) is 20.2 Å². The van der Waals surface area contributed by atoms with E-state index in [1.807, 2.05) is 6.07 Å². The van der Waals surface area contributed by atoms with Crippen molar-refractivity contribution in [3.63, 3.8) is 0 Å². The Morgan fingerprint density at radius 3 is 2.55 bits per heavy atom. The molecular weight excluding hydrogens is 536 g/mol. The highest BCUT2D eigenvalue weighted by Crippen LogP contribution is 2.34. The highest BCUT2D eigenvalue weighted by Gasteiger charge is 2.47. The summed E-state index contributed by atoms with van der Waals surface area (Å²) in [4.78, 5) is 35.9. The molecule has 0 aromatic carbocycles. The van der Waals surface area contributed by atoms with Crippen LogP contribution in [-0.4, -0.2) is 82.8 Å². The van der Waals surface area contributed by atoms with Crippen LogP contribution < -0.4 is 10.2 Å². The molecule has 0 saturated carbocycles. The van der Waals surface area contributed by atoms with Gasteiger partial charge in [0.05, 0.1) is 31.4 Å². The summed E-state index contributed by atoms with van der Waals surface area (Å²) in [5, 5.41) is 12.1. The smallest absolute Gasteiger partial charge is 0.416 e. The third-order valence-corrected chi connectivity index (χ3v) is 6.65. The second-order valence-electron chi connectivity index (χ2n) is 10.9. The first-order chi connectivity index (χ1) is 18.7. The second kappa shape index (κ2) is 11.0. The minimum atomic E-state index is -4.74. The van der Waals surface area contributed by atoms with Crippen LogP contribution in [0.2, 0.25) is 0 Å². The molecule has 2 aromatic heterocycles. The van der Waals surface area contributed by atoms with Gasteiger partial charge in [-0.05, 0) is 45.7 Å². The molecule has 10 nitrogen and oxygen atoms in total. The van der Waals surface area contributed by atoms with Crippen LogP contribution in [0.3, 0.4) is 0 Å². The van der Waals surface area contributed by atoms with Crippen LogP contribution >= 0.6 is 0 Å². The fourth-order valence-electron chi connectivity index (χ4n) is 4.72. The number of ether oxygens (including phenoxy) is 2. The summed E-state index contributed by atoms with van der Waals surface area (Å²) < 4.78 is 67.3. The summed E-state index contributed by atoms with van der Waals surface area (Å²) in [6.45, 7) is 4.46. The standard InChI is InChI=1S/C26H30F4N6O4/c1-24(2,3)40-23(38)35-9-6-25(27,7-10-35)11-20(37)34-21-15-36(14-19(39-21)26(28,29)30)18-13-33-17(12-31)22-16(18)5-4-8-32-22/h4-5,8,13,19,21H,6-7,9-11,14-15H2,1-3H3,(H,34,37)/t19-,21+/m1/s1. The minimum absolute atomic E-state index is 0.0239. The molecule has 4 heterocycles. The minimum Gasteiger partial charge on any atom is -0.444 e. The number of hydrogen-bond acceptors (Lipinski definition) is 8. The molecule has 4 rings (SSSR count).